The van der Waals surface area contributed by atoms with E-state index < -0.39 is 59.0 Å². The number of carbonyl (C=O) groups is 2. The third-order valence-corrected chi connectivity index (χ3v) is 8.31. The Kier molecular flexibility index (Phi) is 7.97. The minimum atomic E-state index is -4.92. The Morgan fingerprint density at radius 3 is 1.89 bits per heavy atom. The monoisotopic (exact) mass is 665 g/mol. The first-order valence-electron chi connectivity index (χ1n) is 12.6. The van der Waals surface area contributed by atoms with E-state index in [4.69, 9.17) is 5.73 Å². The average molecular weight is 666 g/mol. The lowest BCUT2D eigenvalue weighted by molar-refractivity contribution is 0.0686. The number of carboxylic acids is 2. The Morgan fingerprint density at radius 1 is 0.630 bits per heavy atom. The van der Waals surface area contributed by atoms with Crippen molar-refractivity contribution < 1.29 is 50.8 Å². The number of phenols is 1. The fraction of sp³-hybridized carbons (Fsp3) is 0. The molecule has 0 fully saturated rings. The van der Waals surface area contributed by atoms with Crippen molar-refractivity contribution >= 4 is 82.2 Å². The van der Waals surface area contributed by atoms with Gasteiger partial charge in [-0.1, -0.05) is 12.1 Å². The number of phenolic OH excluding ortho intramolecular Hbond substituents is 1. The van der Waals surface area contributed by atoms with Gasteiger partial charge < -0.3 is 21.1 Å². The molecular weight excluding hydrogens is 646 g/mol. The van der Waals surface area contributed by atoms with Crippen molar-refractivity contribution in [3.05, 3.63) is 83.9 Å². The molecule has 0 bridgehead atoms. The predicted molar refractivity (Wildman–Crippen MR) is 162 cm³/mol. The summed E-state index contributed by atoms with van der Waals surface area (Å²) in [7, 11) is -9.63. The molecule has 0 amide bonds. The van der Waals surface area contributed by atoms with Crippen LogP contribution in [0.3, 0.4) is 0 Å². The maximum Gasteiger partial charge on any atom is 0.338 e. The molecule has 5 aromatic rings. The van der Waals surface area contributed by atoms with Crippen LogP contribution in [0.4, 0.5) is 28.4 Å². The lowest BCUT2D eigenvalue weighted by atomic mass is 10.0. The van der Waals surface area contributed by atoms with Crippen LogP contribution in [0.2, 0.25) is 0 Å². The number of hydrogen-bond acceptors (Lipinski definition) is 12. The number of benzene rings is 5. The van der Waals surface area contributed by atoms with Gasteiger partial charge >= 0.3 is 11.9 Å². The molecule has 0 heterocycles. The fourth-order valence-electron chi connectivity index (χ4n) is 4.42. The molecule has 5 aromatic carbocycles. The number of aromatic carboxylic acids is 2. The second kappa shape index (κ2) is 11.6. The normalized spacial score (nSPS) is 12.4. The van der Waals surface area contributed by atoms with Gasteiger partial charge in [0, 0.05) is 21.8 Å². The smallest absolute Gasteiger partial charge is 0.338 e. The van der Waals surface area contributed by atoms with Crippen LogP contribution in [0, 0.1) is 0 Å². The van der Waals surface area contributed by atoms with E-state index in [1.54, 1.807) is 0 Å². The SMILES string of the molecule is Nc1ccc2cc(S(=O)(=O)O)c(N=Nc3ccc(N=Nc4ccc(S(=O)(=O)O)cc4C(=O)O)c4ccc(C(=O)O)cc34)c(O)c2c1. The summed E-state index contributed by atoms with van der Waals surface area (Å²) >= 11 is 0. The summed E-state index contributed by atoms with van der Waals surface area (Å²) in [5.74, 6) is -3.52. The molecule has 234 valence electrons. The number of hydrogen-bond donors (Lipinski definition) is 6. The number of azo groups is 2. The molecule has 0 atom stereocenters. The van der Waals surface area contributed by atoms with Gasteiger partial charge in [0.25, 0.3) is 20.2 Å². The molecule has 46 heavy (non-hydrogen) atoms. The first kappa shape index (κ1) is 31.6. The topological polar surface area (TPSA) is 279 Å². The highest BCUT2D eigenvalue weighted by Gasteiger charge is 2.23. The predicted octanol–water partition coefficient (Wildman–Crippen LogP) is 6.00. The summed E-state index contributed by atoms with van der Waals surface area (Å²) in [6.45, 7) is 0. The van der Waals surface area contributed by atoms with Gasteiger partial charge in [-0.15, -0.1) is 20.5 Å². The molecule has 7 N–H and O–H groups in total. The number of nitrogens with two attached hydrogens (primary N) is 1. The minimum absolute atomic E-state index is 0.0332. The standard InChI is InChI=1S/C28H19N5O11S2/c29-15-3-1-13-10-24(46(42,43)44)25(26(34)18(13)11-15)33-32-22-8-7-21(17-5-2-14(27(35)36)9-19(17)22)30-31-23-6-4-16(45(39,40)41)12-20(23)28(37)38/h1-12,34H,29H2,(H,35,36)(H,37,38)(H,39,40,41)(H,42,43,44). The summed E-state index contributed by atoms with van der Waals surface area (Å²) in [6, 6.07) is 14.4. The van der Waals surface area contributed by atoms with Crippen molar-refractivity contribution in [3.63, 3.8) is 0 Å². The van der Waals surface area contributed by atoms with Gasteiger partial charge in [0.1, 0.15) is 16.3 Å². The van der Waals surface area contributed by atoms with Gasteiger partial charge in [0.05, 0.1) is 27.4 Å². The second-order valence-corrected chi connectivity index (χ2v) is 12.4. The van der Waals surface area contributed by atoms with Crippen molar-refractivity contribution in [2.75, 3.05) is 5.73 Å². The summed E-state index contributed by atoms with van der Waals surface area (Å²) in [4.78, 5) is 22.0. The molecule has 0 unspecified atom stereocenters. The third-order valence-electron chi connectivity index (χ3n) is 6.59. The number of nitrogen functional groups attached to an aromatic ring is 1. The quantitative estimate of drug-likeness (QED) is 0.0632. The molecule has 0 saturated carbocycles. The Balaban J connectivity index is 1.67. The van der Waals surface area contributed by atoms with E-state index in [2.05, 4.69) is 20.5 Å². The lowest BCUT2D eigenvalue weighted by Gasteiger charge is -2.10. The molecule has 18 heteroatoms. The largest absolute Gasteiger partial charge is 0.505 e. The van der Waals surface area contributed by atoms with Crippen LogP contribution >= 0.6 is 0 Å². The molecular formula is C28H19N5O11S2. The van der Waals surface area contributed by atoms with Crippen LogP contribution in [0.5, 0.6) is 5.75 Å². The van der Waals surface area contributed by atoms with Crippen LogP contribution in [0.15, 0.2) is 103 Å². The van der Waals surface area contributed by atoms with Crippen LogP contribution in [0.25, 0.3) is 21.5 Å². The van der Waals surface area contributed by atoms with Crippen LogP contribution in [-0.4, -0.2) is 53.2 Å². The average Bonchev–Trinajstić information content (AvgIpc) is 2.98. The van der Waals surface area contributed by atoms with E-state index in [1.165, 1.54) is 48.5 Å². The summed E-state index contributed by atoms with van der Waals surface area (Å²) in [5.41, 5.74) is 4.40. The minimum Gasteiger partial charge on any atom is -0.505 e. The lowest BCUT2D eigenvalue weighted by Crippen LogP contribution is -2.02. The zero-order valence-electron chi connectivity index (χ0n) is 22.8. The van der Waals surface area contributed by atoms with Crippen molar-refractivity contribution in [3.8, 4) is 5.75 Å². The molecule has 0 spiro atoms. The molecule has 0 aliphatic heterocycles. The molecule has 0 aliphatic rings. The maximum absolute atomic E-state index is 12.2. The molecule has 0 saturated heterocycles. The van der Waals surface area contributed by atoms with Gasteiger partial charge in [0.2, 0.25) is 0 Å². The van der Waals surface area contributed by atoms with Gasteiger partial charge in [0.15, 0.2) is 5.75 Å². The third kappa shape index (κ3) is 6.21. The van der Waals surface area contributed by atoms with E-state index in [-0.39, 0.29) is 49.9 Å². The maximum atomic E-state index is 12.2. The molecule has 16 nitrogen and oxygen atoms in total. The Labute approximate surface area is 258 Å². The van der Waals surface area contributed by atoms with Gasteiger partial charge in [-0.05, 0) is 66.0 Å². The van der Waals surface area contributed by atoms with Crippen molar-refractivity contribution in [2.45, 2.75) is 9.79 Å². The number of nitrogens with zero attached hydrogens (tertiary/aromatic N) is 4. The van der Waals surface area contributed by atoms with E-state index in [9.17, 15) is 50.8 Å². The zero-order valence-corrected chi connectivity index (χ0v) is 24.4. The van der Waals surface area contributed by atoms with E-state index >= 15 is 0 Å². The number of rotatable bonds is 8. The number of aromatic hydroxyl groups is 1. The van der Waals surface area contributed by atoms with Crippen molar-refractivity contribution in [1.82, 2.24) is 0 Å². The van der Waals surface area contributed by atoms with Crippen LogP contribution in [-0.2, 0) is 20.2 Å². The molecule has 0 radical (unpaired) electrons. The van der Waals surface area contributed by atoms with E-state index in [0.717, 1.165) is 18.2 Å². The Morgan fingerprint density at radius 2 is 1.26 bits per heavy atom. The zero-order chi connectivity index (χ0) is 33.6. The van der Waals surface area contributed by atoms with E-state index in [0.29, 0.717) is 6.07 Å². The highest BCUT2D eigenvalue weighted by molar-refractivity contribution is 7.86. The van der Waals surface area contributed by atoms with Gasteiger partial charge in [-0.25, -0.2) is 9.59 Å². The van der Waals surface area contributed by atoms with E-state index in [1.807, 2.05) is 0 Å². The summed E-state index contributed by atoms with van der Waals surface area (Å²) in [6.07, 6.45) is 0. The number of fused-ring (bicyclic) bond motifs is 2. The Bertz CT molecular complexity index is 2410. The first-order chi connectivity index (χ1) is 21.5. The molecule has 5 rings (SSSR count). The summed E-state index contributed by atoms with van der Waals surface area (Å²) in [5, 5.41) is 46.5. The fourth-order valence-corrected chi connectivity index (χ4v) is 5.59. The van der Waals surface area contributed by atoms with Crippen molar-refractivity contribution in [2.24, 2.45) is 20.5 Å². The second-order valence-electron chi connectivity index (χ2n) is 9.56. The number of carboxylic acid groups (broad SMARTS) is 2. The molecule has 0 aliphatic carbocycles. The highest BCUT2D eigenvalue weighted by Crippen LogP contribution is 2.43. The van der Waals surface area contributed by atoms with Gasteiger partial charge in [-0.2, -0.15) is 16.8 Å². The summed E-state index contributed by atoms with van der Waals surface area (Å²) < 4.78 is 66.3. The Hall–Kier alpha value is -5.82. The van der Waals surface area contributed by atoms with Gasteiger partial charge in [-0.3, -0.25) is 9.11 Å². The first-order valence-corrected chi connectivity index (χ1v) is 15.4. The molecule has 0 aromatic heterocycles. The van der Waals surface area contributed by atoms with Crippen LogP contribution < -0.4 is 5.73 Å². The number of anilines is 1. The van der Waals surface area contributed by atoms with Crippen LogP contribution in [0.1, 0.15) is 20.7 Å². The van der Waals surface area contributed by atoms with Crippen molar-refractivity contribution in [1.29, 1.82) is 0 Å². The highest BCUT2D eigenvalue weighted by atomic mass is 32.2.